The number of fused-ring (bicyclic) bond motifs is 1. The van der Waals surface area contributed by atoms with Crippen molar-refractivity contribution in [1.82, 2.24) is 19.9 Å². The molecule has 0 saturated carbocycles. The summed E-state index contributed by atoms with van der Waals surface area (Å²) < 4.78 is 5.48. The van der Waals surface area contributed by atoms with E-state index >= 15 is 0 Å². The number of aromatic nitrogens is 2. The van der Waals surface area contributed by atoms with Gasteiger partial charge in [-0.3, -0.25) is 9.69 Å². The zero-order chi connectivity index (χ0) is 16.6. The summed E-state index contributed by atoms with van der Waals surface area (Å²) in [6, 6.07) is 0.432. The standard InChI is InChI=1S/C16H22N4O2S/c1-10(2)19(4)8-13-12-7-20(6-5-15(12)22-18-13)16(21)14-9-23-11(3)17-14/h9-10H,5-8H2,1-4H3. The number of amides is 1. The molecular formula is C16H22N4O2S. The van der Waals surface area contributed by atoms with E-state index < -0.39 is 0 Å². The first-order valence-electron chi connectivity index (χ1n) is 7.83. The molecule has 0 saturated heterocycles. The molecule has 0 radical (unpaired) electrons. The van der Waals surface area contributed by atoms with E-state index in [-0.39, 0.29) is 5.91 Å². The van der Waals surface area contributed by atoms with Crippen LogP contribution >= 0.6 is 11.3 Å². The molecule has 3 rings (SSSR count). The maximum Gasteiger partial charge on any atom is 0.273 e. The van der Waals surface area contributed by atoms with E-state index in [4.69, 9.17) is 4.52 Å². The Morgan fingerprint density at radius 2 is 2.30 bits per heavy atom. The molecule has 2 aromatic heterocycles. The number of hydrogen-bond acceptors (Lipinski definition) is 6. The lowest BCUT2D eigenvalue weighted by atomic mass is 10.1. The normalized spacial score (nSPS) is 14.6. The molecule has 0 atom stereocenters. The van der Waals surface area contributed by atoms with Gasteiger partial charge >= 0.3 is 0 Å². The van der Waals surface area contributed by atoms with Crippen LogP contribution in [0.2, 0.25) is 0 Å². The van der Waals surface area contributed by atoms with Crippen LogP contribution in [0.25, 0.3) is 0 Å². The van der Waals surface area contributed by atoms with Gasteiger partial charge in [0.15, 0.2) is 0 Å². The van der Waals surface area contributed by atoms with Crippen molar-refractivity contribution in [3.63, 3.8) is 0 Å². The first-order valence-corrected chi connectivity index (χ1v) is 8.71. The van der Waals surface area contributed by atoms with Gasteiger partial charge in [0, 0.05) is 36.5 Å². The van der Waals surface area contributed by atoms with Gasteiger partial charge in [0.1, 0.15) is 17.1 Å². The Labute approximate surface area is 140 Å². The maximum absolute atomic E-state index is 12.6. The van der Waals surface area contributed by atoms with E-state index in [1.807, 2.05) is 17.2 Å². The Morgan fingerprint density at radius 3 is 2.96 bits per heavy atom. The largest absolute Gasteiger partial charge is 0.361 e. The Bertz CT molecular complexity index is 707. The fourth-order valence-corrected chi connectivity index (χ4v) is 3.19. The van der Waals surface area contributed by atoms with Crippen LogP contribution in [0.1, 0.15) is 46.4 Å². The van der Waals surface area contributed by atoms with Crippen molar-refractivity contribution in [2.75, 3.05) is 13.6 Å². The third-order valence-corrected chi connectivity index (χ3v) is 5.09. The molecule has 0 bridgehead atoms. The second-order valence-corrected chi connectivity index (χ2v) is 7.33. The van der Waals surface area contributed by atoms with Crippen molar-refractivity contribution in [3.05, 3.63) is 33.1 Å². The van der Waals surface area contributed by atoms with Crippen LogP contribution < -0.4 is 0 Å². The van der Waals surface area contributed by atoms with Crippen molar-refractivity contribution in [2.45, 2.75) is 46.3 Å². The number of carbonyl (C=O) groups excluding carboxylic acids is 1. The van der Waals surface area contributed by atoms with Crippen LogP contribution in [0.15, 0.2) is 9.90 Å². The lowest BCUT2D eigenvalue weighted by Gasteiger charge is -2.26. The first kappa shape index (κ1) is 16.1. The molecule has 23 heavy (non-hydrogen) atoms. The molecule has 0 aromatic carbocycles. The van der Waals surface area contributed by atoms with Crippen molar-refractivity contribution in [1.29, 1.82) is 0 Å². The summed E-state index contributed by atoms with van der Waals surface area (Å²) >= 11 is 1.50. The Hall–Kier alpha value is -1.73. The van der Waals surface area contributed by atoms with Crippen LogP contribution in [-0.4, -0.2) is 45.5 Å². The quantitative estimate of drug-likeness (QED) is 0.859. The summed E-state index contributed by atoms with van der Waals surface area (Å²) in [7, 11) is 2.07. The lowest BCUT2D eigenvalue weighted by molar-refractivity contribution is 0.0723. The lowest BCUT2D eigenvalue weighted by Crippen LogP contribution is -2.36. The highest BCUT2D eigenvalue weighted by atomic mass is 32.1. The highest BCUT2D eigenvalue weighted by molar-refractivity contribution is 7.09. The molecule has 0 spiro atoms. The predicted octanol–water partition coefficient (Wildman–Crippen LogP) is 2.48. The number of nitrogens with zero attached hydrogens (tertiary/aromatic N) is 4. The van der Waals surface area contributed by atoms with Gasteiger partial charge in [-0.2, -0.15) is 0 Å². The number of rotatable bonds is 4. The van der Waals surface area contributed by atoms with Gasteiger partial charge in [0.05, 0.1) is 11.6 Å². The molecular weight excluding hydrogens is 312 g/mol. The zero-order valence-electron chi connectivity index (χ0n) is 14.0. The first-order chi connectivity index (χ1) is 11.0. The Balaban J connectivity index is 1.77. The molecule has 6 nitrogen and oxygen atoms in total. The molecule has 2 aromatic rings. The van der Waals surface area contributed by atoms with Gasteiger partial charge in [-0.1, -0.05) is 5.16 Å². The van der Waals surface area contributed by atoms with Crippen molar-refractivity contribution >= 4 is 17.2 Å². The van der Waals surface area contributed by atoms with Gasteiger partial charge in [-0.25, -0.2) is 4.98 Å². The van der Waals surface area contributed by atoms with Crippen LogP contribution in [0.5, 0.6) is 0 Å². The number of hydrogen-bond donors (Lipinski definition) is 0. The predicted molar refractivity (Wildman–Crippen MR) is 88.4 cm³/mol. The molecule has 0 unspecified atom stereocenters. The van der Waals surface area contributed by atoms with E-state index in [0.717, 1.165) is 28.6 Å². The third kappa shape index (κ3) is 3.30. The van der Waals surface area contributed by atoms with Gasteiger partial charge in [0.2, 0.25) is 0 Å². The summed E-state index contributed by atoms with van der Waals surface area (Å²) in [6.07, 6.45) is 0.711. The smallest absolute Gasteiger partial charge is 0.273 e. The SMILES string of the molecule is Cc1nc(C(=O)N2CCc3onc(CN(C)C(C)C)c3C2)cs1. The Morgan fingerprint density at radius 1 is 1.52 bits per heavy atom. The maximum atomic E-state index is 12.6. The minimum absolute atomic E-state index is 0.00985. The highest BCUT2D eigenvalue weighted by Crippen LogP contribution is 2.25. The van der Waals surface area contributed by atoms with E-state index in [0.29, 0.717) is 31.2 Å². The summed E-state index contributed by atoms with van der Waals surface area (Å²) in [5.74, 6) is 0.903. The summed E-state index contributed by atoms with van der Waals surface area (Å²) in [6.45, 7) is 8.14. The van der Waals surface area contributed by atoms with Crippen molar-refractivity contribution in [2.24, 2.45) is 0 Å². The summed E-state index contributed by atoms with van der Waals surface area (Å²) in [5, 5.41) is 6.96. The van der Waals surface area contributed by atoms with Gasteiger partial charge in [-0.15, -0.1) is 11.3 Å². The number of thiazole rings is 1. The second-order valence-electron chi connectivity index (χ2n) is 6.27. The van der Waals surface area contributed by atoms with E-state index in [1.165, 1.54) is 11.3 Å². The van der Waals surface area contributed by atoms with Crippen molar-refractivity contribution in [3.8, 4) is 0 Å². The molecule has 3 heterocycles. The minimum atomic E-state index is -0.00985. The van der Waals surface area contributed by atoms with Crippen LogP contribution in [-0.2, 0) is 19.5 Å². The van der Waals surface area contributed by atoms with E-state index in [1.54, 1.807) is 0 Å². The monoisotopic (exact) mass is 334 g/mol. The highest BCUT2D eigenvalue weighted by Gasteiger charge is 2.28. The van der Waals surface area contributed by atoms with Gasteiger partial charge in [0.25, 0.3) is 5.91 Å². The van der Waals surface area contributed by atoms with Gasteiger partial charge < -0.3 is 9.42 Å². The topological polar surface area (TPSA) is 62.5 Å². The average molecular weight is 334 g/mol. The molecule has 1 aliphatic rings. The second kappa shape index (κ2) is 6.41. The fourth-order valence-electron chi connectivity index (χ4n) is 2.60. The van der Waals surface area contributed by atoms with Gasteiger partial charge in [-0.05, 0) is 27.8 Å². The molecule has 0 N–H and O–H groups in total. The van der Waals surface area contributed by atoms with Crippen LogP contribution in [0, 0.1) is 6.92 Å². The molecule has 0 fully saturated rings. The van der Waals surface area contributed by atoms with Crippen LogP contribution in [0.4, 0.5) is 0 Å². The fraction of sp³-hybridized carbons (Fsp3) is 0.562. The van der Waals surface area contributed by atoms with Crippen LogP contribution in [0.3, 0.4) is 0 Å². The summed E-state index contributed by atoms with van der Waals surface area (Å²) in [5.41, 5.74) is 2.53. The molecule has 0 aliphatic carbocycles. The zero-order valence-corrected chi connectivity index (χ0v) is 14.8. The van der Waals surface area contributed by atoms with E-state index in [2.05, 4.69) is 35.9 Å². The van der Waals surface area contributed by atoms with E-state index in [9.17, 15) is 4.79 Å². The average Bonchev–Trinajstić information content (AvgIpc) is 3.13. The molecule has 1 aliphatic heterocycles. The minimum Gasteiger partial charge on any atom is -0.361 e. The number of carbonyl (C=O) groups is 1. The summed E-state index contributed by atoms with van der Waals surface area (Å²) in [4.78, 5) is 20.9. The third-order valence-electron chi connectivity index (χ3n) is 4.31. The molecule has 7 heteroatoms. The molecule has 1 amide bonds. The Kier molecular flexibility index (Phi) is 4.50. The molecule has 124 valence electrons. The number of aryl methyl sites for hydroxylation is 1. The van der Waals surface area contributed by atoms with Crippen molar-refractivity contribution < 1.29 is 9.32 Å².